The quantitative estimate of drug-likeness (QED) is 0.140. The van der Waals surface area contributed by atoms with E-state index in [1.165, 1.54) is 105 Å². The van der Waals surface area contributed by atoms with Crippen molar-refractivity contribution >= 4 is 66.4 Å². The fourth-order valence-electron chi connectivity index (χ4n) is 12.8. The molecule has 12 aromatic rings. The zero-order chi connectivity index (χ0) is 49.7. The van der Waals surface area contributed by atoms with E-state index >= 15 is 0 Å². The molecular formula is C72H54N2. The number of fused-ring (bicyclic) bond motifs is 6. The monoisotopic (exact) mass is 946 g/mol. The summed E-state index contributed by atoms with van der Waals surface area (Å²) in [6.07, 6.45) is 0. The highest BCUT2D eigenvalue weighted by Gasteiger charge is 2.40. The van der Waals surface area contributed by atoms with Crippen LogP contribution in [0.4, 0.5) is 34.1 Å². The zero-order valence-electron chi connectivity index (χ0n) is 42.1. The lowest BCUT2D eigenvalue weighted by Crippen LogP contribution is -2.28. The Bertz CT molecular complexity index is 4020. The first-order valence-corrected chi connectivity index (χ1v) is 26.0. The Morgan fingerprint density at radius 1 is 0.257 bits per heavy atom. The smallest absolute Gasteiger partial charge is 0.0618 e. The minimum Gasteiger partial charge on any atom is -0.311 e. The Balaban J connectivity index is 0.882. The molecule has 12 aromatic carbocycles. The average Bonchev–Trinajstić information content (AvgIpc) is 3.47. The van der Waals surface area contributed by atoms with Gasteiger partial charge in [-0.05, 0) is 161 Å². The molecule has 0 bridgehead atoms. The van der Waals surface area contributed by atoms with Gasteiger partial charge in [-0.2, -0.15) is 0 Å². The Morgan fingerprint density at radius 3 is 1.04 bits per heavy atom. The Hall–Kier alpha value is -8.98. The summed E-state index contributed by atoms with van der Waals surface area (Å²) in [4.78, 5) is 4.76. The van der Waals surface area contributed by atoms with E-state index in [0.717, 1.165) is 28.4 Å². The Kier molecular flexibility index (Phi) is 9.94. The highest BCUT2D eigenvalue weighted by atomic mass is 15.1. The van der Waals surface area contributed by atoms with Crippen LogP contribution >= 0.6 is 0 Å². The van der Waals surface area contributed by atoms with Gasteiger partial charge in [-0.1, -0.05) is 210 Å². The fraction of sp³-hybridized carbons (Fsp3) is 0.0833. The molecule has 2 heteroatoms. The van der Waals surface area contributed by atoms with Crippen LogP contribution in [0.15, 0.2) is 255 Å². The maximum Gasteiger partial charge on any atom is 0.0618 e. The first kappa shape index (κ1) is 43.8. The van der Waals surface area contributed by atoms with E-state index < -0.39 is 0 Å². The zero-order valence-corrected chi connectivity index (χ0v) is 42.1. The number of anilines is 6. The van der Waals surface area contributed by atoms with Gasteiger partial charge >= 0.3 is 0 Å². The number of nitrogens with zero attached hydrogens (tertiary/aromatic N) is 2. The molecule has 0 unspecified atom stereocenters. The molecule has 2 aliphatic rings. The van der Waals surface area contributed by atoms with Gasteiger partial charge in [-0.25, -0.2) is 0 Å². The second-order valence-electron chi connectivity index (χ2n) is 21.2. The number of para-hydroxylation sites is 4. The van der Waals surface area contributed by atoms with Gasteiger partial charge in [0.15, 0.2) is 0 Å². The standard InChI is InChI=1S/C72H54N2/c1-71(2)63-43-44-64-69-60(42-41-59(68(63)69)55-39-35-48(45-65(55)71)47-33-37-54(38-34-47)73(50-21-9-5-10-22-50)51-23-11-6-12-24-51)56-40-36-49(46-66(56)72(64,3)4)67-57-29-17-19-31-61(57)70(62-32-20-18-30-58(62)67)74(52-25-13-7-14-26-52)53-27-15-8-16-28-53/h5-46H,1-4H3. The van der Waals surface area contributed by atoms with Crippen molar-refractivity contribution in [3.05, 3.63) is 277 Å². The van der Waals surface area contributed by atoms with Crippen LogP contribution in [0.25, 0.3) is 76.8 Å². The van der Waals surface area contributed by atoms with Crippen molar-refractivity contribution in [1.82, 2.24) is 0 Å². The second kappa shape index (κ2) is 16.8. The van der Waals surface area contributed by atoms with Crippen LogP contribution in [0.3, 0.4) is 0 Å². The molecular weight excluding hydrogens is 893 g/mol. The molecule has 0 heterocycles. The molecule has 0 amide bonds. The third-order valence-electron chi connectivity index (χ3n) is 16.4. The molecule has 0 radical (unpaired) electrons. The average molecular weight is 947 g/mol. The minimum atomic E-state index is -0.268. The Labute approximate surface area is 434 Å². The third-order valence-corrected chi connectivity index (χ3v) is 16.4. The highest BCUT2D eigenvalue weighted by Crippen LogP contribution is 2.57. The van der Waals surface area contributed by atoms with E-state index in [9.17, 15) is 0 Å². The minimum absolute atomic E-state index is 0.230. The van der Waals surface area contributed by atoms with Gasteiger partial charge in [0.2, 0.25) is 0 Å². The highest BCUT2D eigenvalue weighted by molar-refractivity contribution is 6.23. The van der Waals surface area contributed by atoms with E-state index in [4.69, 9.17) is 0 Å². The van der Waals surface area contributed by atoms with Crippen LogP contribution in [-0.2, 0) is 10.8 Å². The van der Waals surface area contributed by atoms with Crippen LogP contribution < -0.4 is 9.80 Å². The molecule has 74 heavy (non-hydrogen) atoms. The summed E-state index contributed by atoms with van der Waals surface area (Å²) >= 11 is 0. The number of hydrogen-bond donors (Lipinski definition) is 0. The van der Waals surface area contributed by atoms with E-state index in [-0.39, 0.29) is 10.8 Å². The van der Waals surface area contributed by atoms with Crippen LogP contribution in [0.2, 0.25) is 0 Å². The summed E-state index contributed by atoms with van der Waals surface area (Å²) in [5.41, 5.74) is 22.1. The van der Waals surface area contributed by atoms with Gasteiger partial charge < -0.3 is 9.80 Å². The largest absolute Gasteiger partial charge is 0.311 e. The van der Waals surface area contributed by atoms with Crippen molar-refractivity contribution in [1.29, 1.82) is 0 Å². The van der Waals surface area contributed by atoms with Crippen LogP contribution in [0, 0.1) is 0 Å². The lowest BCUT2D eigenvalue weighted by atomic mass is 9.62. The van der Waals surface area contributed by atoms with Gasteiger partial charge in [0.05, 0.1) is 5.69 Å². The molecule has 0 N–H and O–H groups in total. The van der Waals surface area contributed by atoms with Crippen LogP contribution in [-0.4, -0.2) is 0 Å². The van der Waals surface area contributed by atoms with Crippen LogP contribution in [0.1, 0.15) is 49.9 Å². The van der Waals surface area contributed by atoms with Crippen molar-refractivity contribution in [3.8, 4) is 44.5 Å². The van der Waals surface area contributed by atoms with E-state index in [1.807, 2.05) is 0 Å². The molecule has 0 saturated heterocycles. The SMILES string of the molecule is CC1(C)c2cc(-c3ccc(N(c4ccccc4)c4ccccc4)cc3)ccc2-c2ccc3c4c(ccc1c24)C(C)(C)c1cc(-c2c4ccccc4c(N(c4ccccc4)c4ccccc4)c4ccccc24)ccc1-3. The van der Waals surface area contributed by atoms with Gasteiger partial charge in [0, 0.05) is 50.0 Å². The molecule has 0 spiro atoms. The van der Waals surface area contributed by atoms with Crippen LogP contribution in [0.5, 0.6) is 0 Å². The maximum absolute atomic E-state index is 2.52. The fourth-order valence-corrected chi connectivity index (χ4v) is 12.8. The van der Waals surface area contributed by atoms with Crippen molar-refractivity contribution < 1.29 is 0 Å². The van der Waals surface area contributed by atoms with Crippen molar-refractivity contribution in [3.63, 3.8) is 0 Å². The van der Waals surface area contributed by atoms with Gasteiger partial charge in [0.1, 0.15) is 0 Å². The molecule has 0 aromatic heterocycles. The number of rotatable bonds is 8. The van der Waals surface area contributed by atoms with Gasteiger partial charge in [0.25, 0.3) is 0 Å². The van der Waals surface area contributed by atoms with E-state index in [1.54, 1.807) is 0 Å². The molecule has 2 nitrogen and oxygen atoms in total. The molecule has 0 fully saturated rings. The maximum atomic E-state index is 2.52. The third kappa shape index (κ3) is 6.64. The topological polar surface area (TPSA) is 6.48 Å². The summed E-state index contributed by atoms with van der Waals surface area (Å²) in [6, 6.07) is 94.2. The summed E-state index contributed by atoms with van der Waals surface area (Å²) in [6.45, 7) is 9.74. The summed E-state index contributed by atoms with van der Waals surface area (Å²) in [7, 11) is 0. The predicted molar refractivity (Wildman–Crippen MR) is 314 cm³/mol. The predicted octanol–water partition coefficient (Wildman–Crippen LogP) is 20.0. The summed E-state index contributed by atoms with van der Waals surface area (Å²) < 4.78 is 0. The lowest BCUT2D eigenvalue weighted by molar-refractivity contribution is 0.633. The van der Waals surface area contributed by atoms with E-state index in [2.05, 4.69) is 292 Å². The Morgan fingerprint density at radius 2 is 0.595 bits per heavy atom. The first-order valence-electron chi connectivity index (χ1n) is 26.0. The number of hydrogen-bond acceptors (Lipinski definition) is 2. The molecule has 0 aliphatic heterocycles. The number of benzene rings is 12. The normalized spacial score (nSPS) is 13.6. The molecule has 14 rings (SSSR count). The second-order valence-corrected chi connectivity index (χ2v) is 21.2. The van der Waals surface area contributed by atoms with Crippen molar-refractivity contribution in [2.75, 3.05) is 9.80 Å². The summed E-state index contributed by atoms with van der Waals surface area (Å²) in [5.74, 6) is 0. The first-order chi connectivity index (χ1) is 36.3. The molecule has 0 atom stereocenters. The van der Waals surface area contributed by atoms with Gasteiger partial charge in [-0.3, -0.25) is 0 Å². The molecule has 2 aliphatic carbocycles. The van der Waals surface area contributed by atoms with Gasteiger partial charge in [-0.15, -0.1) is 0 Å². The molecule has 352 valence electrons. The van der Waals surface area contributed by atoms with Crippen molar-refractivity contribution in [2.45, 2.75) is 38.5 Å². The lowest BCUT2D eigenvalue weighted by Gasteiger charge is -2.41. The van der Waals surface area contributed by atoms with E-state index in [0.29, 0.717) is 0 Å². The van der Waals surface area contributed by atoms with Crippen molar-refractivity contribution in [2.24, 2.45) is 0 Å². The summed E-state index contributed by atoms with van der Waals surface area (Å²) in [5, 5.41) is 7.71. The molecule has 0 saturated carbocycles.